The van der Waals surface area contributed by atoms with E-state index < -0.39 is 0 Å². The van der Waals surface area contributed by atoms with Crippen LogP contribution >= 0.6 is 0 Å². The number of fused-ring (bicyclic) bond motifs is 1. The Bertz CT molecular complexity index is 554. The Hall–Kier alpha value is -1.55. The first kappa shape index (κ1) is 11.9. The fraction of sp³-hybridized carbons (Fsp3) is 0.462. The molecule has 92 valence electrons. The van der Waals surface area contributed by atoms with Gasteiger partial charge in [-0.3, -0.25) is 4.57 Å². The molecule has 0 atom stereocenters. The largest absolute Gasteiger partial charge is 0.419 e. The fourth-order valence-corrected chi connectivity index (χ4v) is 1.96. The number of rotatable bonds is 5. The summed E-state index contributed by atoms with van der Waals surface area (Å²) in [5.74, 6) is -0.299. The summed E-state index contributed by atoms with van der Waals surface area (Å²) >= 11 is 0. The molecule has 17 heavy (non-hydrogen) atoms. The van der Waals surface area contributed by atoms with E-state index >= 15 is 0 Å². The summed E-state index contributed by atoms with van der Waals surface area (Å²) in [4.78, 5) is 11.3. The number of aryl methyl sites for hydroxylation is 2. The Morgan fingerprint density at radius 1 is 1.35 bits per heavy atom. The second-order valence-electron chi connectivity index (χ2n) is 4.29. The quantitative estimate of drug-likeness (QED) is 0.801. The first-order chi connectivity index (χ1) is 8.22. The predicted molar refractivity (Wildman–Crippen MR) is 68.3 cm³/mol. The van der Waals surface area contributed by atoms with Crippen molar-refractivity contribution in [1.29, 1.82) is 0 Å². The van der Waals surface area contributed by atoms with E-state index in [2.05, 4.69) is 5.32 Å². The first-order valence-corrected chi connectivity index (χ1v) is 5.95. The highest BCUT2D eigenvalue weighted by molar-refractivity contribution is 5.73. The Morgan fingerprint density at radius 2 is 2.18 bits per heavy atom. The third-order valence-corrected chi connectivity index (χ3v) is 3.00. The van der Waals surface area contributed by atoms with E-state index in [4.69, 9.17) is 4.42 Å². The first-order valence-electron chi connectivity index (χ1n) is 5.95. The summed E-state index contributed by atoms with van der Waals surface area (Å²) in [6.07, 6.45) is 3.36. The number of hydrogen-bond donors (Lipinski definition) is 1. The number of benzene rings is 1. The molecular weight excluding hydrogens is 216 g/mol. The summed E-state index contributed by atoms with van der Waals surface area (Å²) in [6, 6.07) is 5.95. The van der Waals surface area contributed by atoms with Gasteiger partial charge in [-0.15, -0.1) is 0 Å². The van der Waals surface area contributed by atoms with Crippen LogP contribution in [-0.4, -0.2) is 18.2 Å². The standard InChI is InChI=1S/C13H18N2O2/c1-14-8-4-3-5-10-6-7-12-11(9-10)15(2)13(16)17-12/h6-7,9,14H,3-5,8H2,1-2H3. The summed E-state index contributed by atoms with van der Waals surface area (Å²) in [6.45, 7) is 1.05. The highest BCUT2D eigenvalue weighted by atomic mass is 16.4. The fourth-order valence-electron chi connectivity index (χ4n) is 1.96. The van der Waals surface area contributed by atoms with Crippen LogP contribution in [0, 0.1) is 0 Å². The normalized spacial score (nSPS) is 11.2. The zero-order valence-corrected chi connectivity index (χ0v) is 10.3. The highest BCUT2D eigenvalue weighted by Gasteiger charge is 2.05. The minimum absolute atomic E-state index is 0.299. The van der Waals surface area contributed by atoms with Gasteiger partial charge in [-0.05, 0) is 50.6 Å². The second kappa shape index (κ2) is 5.19. The summed E-state index contributed by atoms with van der Waals surface area (Å²) in [5.41, 5.74) is 2.79. The van der Waals surface area contributed by atoms with Crippen LogP contribution in [0.2, 0.25) is 0 Å². The third-order valence-electron chi connectivity index (χ3n) is 3.00. The van der Waals surface area contributed by atoms with E-state index in [0.29, 0.717) is 5.58 Å². The summed E-state index contributed by atoms with van der Waals surface area (Å²) in [7, 11) is 3.70. The van der Waals surface area contributed by atoms with Crippen molar-refractivity contribution in [3.8, 4) is 0 Å². The zero-order chi connectivity index (χ0) is 12.3. The maximum Gasteiger partial charge on any atom is 0.419 e. The Kier molecular flexibility index (Phi) is 3.64. The van der Waals surface area contributed by atoms with Crippen LogP contribution in [0.5, 0.6) is 0 Å². The molecule has 4 heteroatoms. The van der Waals surface area contributed by atoms with Crippen LogP contribution in [0.25, 0.3) is 11.1 Å². The maximum atomic E-state index is 11.3. The number of nitrogens with zero attached hydrogens (tertiary/aromatic N) is 1. The van der Waals surface area contributed by atoms with Gasteiger partial charge < -0.3 is 9.73 Å². The summed E-state index contributed by atoms with van der Waals surface area (Å²) in [5, 5.41) is 3.14. The number of oxazole rings is 1. The van der Waals surface area contributed by atoms with E-state index in [1.807, 2.05) is 25.2 Å². The number of hydrogen-bond acceptors (Lipinski definition) is 3. The van der Waals surface area contributed by atoms with Crippen LogP contribution in [0.15, 0.2) is 27.4 Å². The van der Waals surface area contributed by atoms with Crippen molar-refractivity contribution >= 4 is 11.1 Å². The van der Waals surface area contributed by atoms with Crippen molar-refractivity contribution in [2.24, 2.45) is 7.05 Å². The highest BCUT2D eigenvalue weighted by Crippen LogP contribution is 2.15. The van der Waals surface area contributed by atoms with Crippen LogP contribution in [0.4, 0.5) is 0 Å². The van der Waals surface area contributed by atoms with Crippen molar-refractivity contribution in [3.63, 3.8) is 0 Å². The van der Waals surface area contributed by atoms with E-state index in [0.717, 1.165) is 24.9 Å². The lowest BCUT2D eigenvalue weighted by Gasteiger charge is -2.02. The van der Waals surface area contributed by atoms with Crippen molar-refractivity contribution < 1.29 is 4.42 Å². The molecule has 0 saturated carbocycles. The van der Waals surface area contributed by atoms with Gasteiger partial charge in [-0.1, -0.05) is 6.07 Å². The molecule has 0 unspecified atom stereocenters. The molecule has 0 saturated heterocycles. The Morgan fingerprint density at radius 3 is 2.94 bits per heavy atom. The van der Waals surface area contributed by atoms with Gasteiger partial charge in [0.2, 0.25) is 0 Å². The number of aromatic nitrogens is 1. The molecule has 0 aliphatic heterocycles. The molecule has 0 spiro atoms. The van der Waals surface area contributed by atoms with Gasteiger partial charge in [-0.25, -0.2) is 4.79 Å². The number of unbranched alkanes of at least 4 members (excludes halogenated alkanes) is 1. The van der Waals surface area contributed by atoms with Gasteiger partial charge in [0.25, 0.3) is 0 Å². The Labute approximate surface area is 100 Å². The zero-order valence-electron chi connectivity index (χ0n) is 10.3. The van der Waals surface area contributed by atoms with Crippen molar-refractivity contribution in [3.05, 3.63) is 34.3 Å². The maximum absolute atomic E-state index is 11.3. The molecule has 1 heterocycles. The molecule has 0 aliphatic carbocycles. The molecular formula is C13H18N2O2. The average molecular weight is 234 g/mol. The van der Waals surface area contributed by atoms with Crippen molar-refractivity contribution in [1.82, 2.24) is 9.88 Å². The molecule has 0 bridgehead atoms. The summed E-state index contributed by atoms with van der Waals surface area (Å²) < 4.78 is 6.64. The van der Waals surface area contributed by atoms with Crippen molar-refractivity contribution in [2.45, 2.75) is 19.3 Å². The van der Waals surface area contributed by atoms with E-state index in [1.54, 1.807) is 11.6 Å². The molecule has 0 radical (unpaired) electrons. The third kappa shape index (κ3) is 2.58. The monoisotopic (exact) mass is 234 g/mol. The van der Waals surface area contributed by atoms with Gasteiger partial charge in [0.15, 0.2) is 5.58 Å². The smallest absolute Gasteiger partial charge is 0.408 e. The van der Waals surface area contributed by atoms with Crippen LogP contribution < -0.4 is 11.1 Å². The molecule has 2 aromatic rings. The molecule has 2 rings (SSSR count). The predicted octanol–water partition coefficient (Wildman–Crippen LogP) is 1.67. The second-order valence-corrected chi connectivity index (χ2v) is 4.29. The van der Waals surface area contributed by atoms with Gasteiger partial charge in [0.1, 0.15) is 0 Å². The van der Waals surface area contributed by atoms with Gasteiger partial charge in [0, 0.05) is 7.05 Å². The number of nitrogens with one attached hydrogen (secondary N) is 1. The van der Waals surface area contributed by atoms with E-state index in [-0.39, 0.29) is 5.76 Å². The molecule has 1 N–H and O–H groups in total. The van der Waals surface area contributed by atoms with Crippen LogP contribution in [0.1, 0.15) is 18.4 Å². The average Bonchev–Trinajstić information content (AvgIpc) is 2.61. The van der Waals surface area contributed by atoms with Gasteiger partial charge >= 0.3 is 5.76 Å². The SMILES string of the molecule is CNCCCCc1ccc2oc(=O)n(C)c2c1. The molecule has 0 fully saturated rings. The van der Waals surface area contributed by atoms with Gasteiger partial charge in [-0.2, -0.15) is 0 Å². The molecule has 1 aromatic carbocycles. The molecule has 0 aliphatic rings. The topological polar surface area (TPSA) is 47.2 Å². The minimum Gasteiger partial charge on any atom is -0.408 e. The minimum atomic E-state index is -0.299. The molecule has 1 aromatic heterocycles. The lowest BCUT2D eigenvalue weighted by molar-refractivity contribution is 0.528. The Balaban J connectivity index is 2.14. The molecule has 0 amide bonds. The van der Waals surface area contributed by atoms with Crippen molar-refractivity contribution in [2.75, 3.05) is 13.6 Å². The lowest BCUT2D eigenvalue weighted by Crippen LogP contribution is -2.08. The van der Waals surface area contributed by atoms with E-state index in [1.165, 1.54) is 12.0 Å². The van der Waals surface area contributed by atoms with Gasteiger partial charge in [0.05, 0.1) is 5.52 Å². The van der Waals surface area contributed by atoms with E-state index in [9.17, 15) is 4.79 Å². The van der Waals surface area contributed by atoms with Crippen LogP contribution in [-0.2, 0) is 13.5 Å². The molecule has 4 nitrogen and oxygen atoms in total. The van der Waals surface area contributed by atoms with Crippen LogP contribution in [0.3, 0.4) is 0 Å². The lowest BCUT2D eigenvalue weighted by atomic mass is 10.1.